The van der Waals surface area contributed by atoms with Gasteiger partial charge in [0.1, 0.15) is 17.3 Å². The molecule has 1 heterocycles. The summed E-state index contributed by atoms with van der Waals surface area (Å²) in [7, 11) is 0. The number of phenolic OH excluding ortho intramolecular Hbond substituents is 1. The molecular weight excluding hydrogens is 352 g/mol. The highest BCUT2D eigenvalue weighted by Gasteiger charge is 2.17. The average Bonchev–Trinajstić information content (AvgIpc) is 3.17. The number of benzene rings is 2. The number of carboxylic acids is 2. The summed E-state index contributed by atoms with van der Waals surface area (Å²) in [6, 6.07) is 15.0. The molecule has 0 aromatic heterocycles. The first-order valence-electron chi connectivity index (χ1n) is 8.18. The molecule has 0 saturated heterocycles. The van der Waals surface area contributed by atoms with Gasteiger partial charge in [0.25, 0.3) is 0 Å². The summed E-state index contributed by atoms with van der Waals surface area (Å²) in [5, 5.41) is 27.7. The monoisotopic (exact) mass is 372 g/mol. The lowest BCUT2D eigenvalue weighted by molar-refractivity contribution is -0.159. The molecule has 0 bridgehead atoms. The van der Waals surface area contributed by atoms with Crippen molar-refractivity contribution >= 4 is 17.8 Å². The summed E-state index contributed by atoms with van der Waals surface area (Å²) < 4.78 is 6.05. The van der Waals surface area contributed by atoms with Crippen molar-refractivity contribution in [2.75, 3.05) is 13.1 Å². The third kappa shape index (κ3) is 5.74. The van der Waals surface area contributed by atoms with Crippen LogP contribution in [0.2, 0.25) is 0 Å². The first-order valence-corrected chi connectivity index (χ1v) is 8.18. The molecule has 0 radical (unpaired) electrons. The zero-order chi connectivity index (χ0) is 19.8. The predicted octanol–water partition coefficient (Wildman–Crippen LogP) is 1.98. The molecule has 8 heteroatoms. The number of nitrogens with one attached hydrogen (secondary N) is 1. The summed E-state index contributed by atoms with van der Waals surface area (Å²) >= 11 is 0. The number of nitrogens with zero attached hydrogens (tertiary/aromatic N) is 1. The van der Waals surface area contributed by atoms with Crippen LogP contribution in [0.3, 0.4) is 0 Å². The molecular formula is C19H20N2O6. The van der Waals surface area contributed by atoms with E-state index >= 15 is 0 Å². The molecule has 0 aliphatic carbocycles. The summed E-state index contributed by atoms with van der Waals surface area (Å²) in [6.07, 6.45) is -0.119. The number of carbonyl (C=O) groups is 2. The Morgan fingerprint density at radius 2 is 1.81 bits per heavy atom. The van der Waals surface area contributed by atoms with Crippen LogP contribution in [0.4, 0.5) is 0 Å². The van der Waals surface area contributed by atoms with Crippen molar-refractivity contribution in [1.29, 1.82) is 0 Å². The van der Waals surface area contributed by atoms with E-state index in [0.29, 0.717) is 0 Å². The normalized spacial score (nSPS) is 13.4. The molecule has 0 amide bonds. The fourth-order valence-corrected chi connectivity index (χ4v) is 2.42. The molecule has 142 valence electrons. The van der Waals surface area contributed by atoms with Crippen LogP contribution in [-0.2, 0) is 9.59 Å². The number of hydrogen-bond acceptors (Lipinski definition) is 6. The minimum absolute atomic E-state index is 0.119. The quantitative estimate of drug-likeness (QED) is 0.604. The van der Waals surface area contributed by atoms with Crippen molar-refractivity contribution < 1.29 is 29.6 Å². The number of para-hydroxylation sites is 1. The van der Waals surface area contributed by atoms with Crippen LogP contribution in [0.15, 0.2) is 53.5 Å². The van der Waals surface area contributed by atoms with E-state index in [1.165, 1.54) is 0 Å². The van der Waals surface area contributed by atoms with E-state index in [9.17, 15) is 5.11 Å². The maximum Gasteiger partial charge on any atom is 0.414 e. The van der Waals surface area contributed by atoms with Crippen LogP contribution in [0.5, 0.6) is 11.5 Å². The fourth-order valence-electron chi connectivity index (χ4n) is 2.42. The second-order valence-electron chi connectivity index (χ2n) is 5.61. The topological polar surface area (TPSA) is 128 Å². The molecule has 0 spiro atoms. The Hall–Kier alpha value is -3.55. The molecule has 0 saturated carbocycles. The van der Waals surface area contributed by atoms with Gasteiger partial charge >= 0.3 is 11.9 Å². The van der Waals surface area contributed by atoms with Gasteiger partial charge in [0.15, 0.2) is 6.10 Å². The maximum absolute atomic E-state index is 9.65. The first kappa shape index (κ1) is 19.8. The lowest BCUT2D eigenvalue weighted by atomic mass is 10.0. The Labute approximate surface area is 155 Å². The van der Waals surface area contributed by atoms with Crippen LogP contribution < -0.4 is 10.1 Å². The van der Waals surface area contributed by atoms with Gasteiger partial charge in [-0.3, -0.25) is 4.99 Å². The maximum atomic E-state index is 9.65. The molecule has 0 fully saturated rings. The highest BCUT2D eigenvalue weighted by Crippen LogP contribution is 2.32. The average molecular weight is 372 g/mol. The van der Waals surface area contributed by atoms with Crippen LogP contribution in [0.25, 0.3) is 11.1 Å². The number of ether oxygens (including phenoxy) is 1. The van der Waals surface area contributed by atoms with Crippen LogP contribution in [0, 0.1) is 0 Å². The van der Waals surface area contributed by atoms with Crippen molar-refractivity contribution in [3.8, 4) is 22.6 Å². The van der Waals surface area contributed by atoms with Gasteiger partial charge in [0.2, 0.25) is 0 Å². The van der Waals surface area contributed by atoms with Crippen molar-refractivity contribution in [1.82, 2.24) is 5.32 Å². The number of aliphatic carboxylic acids is 2. The minimum atomic E-state index is -1.82. The summed E-state index contributed by atoms with van der Waals surface area (Å²) in [6.45, 7) is 3.66. The molecule has 2 aromatic rings. The van der Waals surface area contributed by atoms with Gasteiger partial charge in [-0.15, -0.1) is 0 Å². The van der Waals surface area contributed by atoms with Gasteiger partial charge in [0.05, 0.1) is 6.54 Å². The highest BCUT2D eigenvalue weighted by molar-refractivity contribution is 6.27. The number of aromatic hydroxyl groups is 1. The van der Waals surface area contributed by atoms with E-state index in [4.69, 9.17) is 24.5 Å². The van der Waals surface area contributed by atoms with Gasteiger partial charge < -0.3 is 25.4 Å². The number of amidine groups is 1. The Morgan fingerprint density at radius 3 is 2.41 bits per heavy atom. The molecule has 4 N–H and O–H groups in total. The number of rotatable bonds is 4. The van der Waals surface area contributed by atoms with Gasteiger partial charge in [0, 0.05) is 12.1 Å². The third-order valence-electron chi connectivity index (χ3n) is 3.62. The van der Waals surface area contributed by atoms with E-state index in [1.807, 2.05) is 43.3 Å². The second kappa shape index (κ2) is 9.23. The Kier molecular flexibility index (Phi) is 6.76. The summed E-state index contributed by atoms with van der Waals surface area (Å²) in [5.41, 5.74) is 1.89. The molecule has 3 rings (SSSR count). The second-order valence-corrected chi connectivity index (χ2v) is 5.61. The van der Waals surface area contributed by atoms with E-state index in [2.05, 4.69) is 10.3 Å². The number of hydrogen-bond donors (Lipinski definition) is 4. The lowest BCUT2D eigenvalue weighted by Gasteiger charge is -2.18. The molecule has 8 nitrogen and oxygen atoms in total. The van der Waals surface area contributed by atoms with Gasteiger partial charge in [-0.05, 0) is 30.7 Å². The number of phenols is 1. The van der Waals surface area contributed by atoms with Crippen molar-refractivity contribution in [3.63, 3.8) is 0 Å². The Bertz CT molecular complexity index is 838. The SMILES string of the molecule is CC(Oc1ccccc1-c1cccc(O)c1)C1=NCCN1.O=C(O)C(=O)O. The van der Waals surface area contributed by atoms with Crippen LogP contribution >= 0.6 is 0 Å². The number of aliphatic imine (C=N–C) groups is 1. The zero-order valence-corrected chi connectivity index (χ0v) is 14.6. The smallest absolute Gasteiger partial charge is 0.414 e. The molecule has 27 heavy (non-hydrogen) atoms. The summed E-state index contributed by atoms with van der Waals surface area (Å²) in [5.74, 6) is -1.73. The predicted molar refractivity (Wildman–Crippen MR) is 99.2 cm³/mol. The highest BCUT2D eigenvalue weighted by atomic mass is 16.5. The Morgan fingerprint density at radius 1 is 1.11 bits per heavy atom. The van der Waals surface area contributed by atoms with E-state index < -0.39 is 11.9 Å². The molecule has 1 atom stereocenters. The largest absolute Gasteiger partial charge is 0.508 e. The van der Waals surface area contributed by atoms with Gasteiger partial charge in [-0.2, -0.15) is 0 Å². The fraction of sp³-hybridized carbons (Fsp3) is 0.211. The minimum Gasteiger partial charge on any atom is -0.508 e. The lowest BCUT2D eigenvalue weighted by Crippen LogP contribution is -2.33. The van der Waals surface area contributed by atoms with E-state index in [0.717, 1.165) is 35.8 Å². The molecule has 2 aromatic carbocycles. The van der Waals surface area contributed by atoms with Gasteiger partial charge in [-0.25, -0.2) is 9.59 Å². The summed E-state index contributed by atoms with van der Waals surface area (Å²) in [4.78, 5) is 22.6. The van der Waals surface area contributed by atoms with Crippen molar-refractivity contribution in [2.45, 2.75) is 13.0 Å². The zero-order valence-electron chi connectivity index (χ0n) is 14.6. The molecule has 1 aliphatic rings. The Balaban J connectivity index is 0.000000380. The van der Waals surface area contributed by atoms with Crippen molar-refractivity contribution in [2.24, 2.45) is 4.99 Å². The van der Waals surface area contributed by atoms with Crippen molar-refractivity contribution in [3.05, 3.63) is 48.5 Å². The number of carboxylic acid groups (broad SMARTS) is 2. The third-order valence-corrected chi connectivity index (χ3v) is 3.62. The van der Waals surface area contributed by atoms with Crippen LogP contribution in [0.1, 0.15) is 6.92 Å². The molecule has 1 aliphatic heterocycles. The van der Waals surface area contributed by atoms with E-state index in [1.54, 1.807) is 12.1 Å². The van der Waals surface area contributed by atoms with Gasteiger partial charge in [-0.1, -0.05) is 30.3 Å². The standard InChI is InChI=1S/C17H18N2O2.C2H2O4/c1-12(17-18-9-10-19-17)21-16-8-3-2-7-15(16)13-5-4-6-14(20)11-13;3-1(4)2(5)6/h2-8,11-12,20H,9-10H2,1H3,(H,18,19);(H,3,4)(H,5,6). The van der Waals surface area contributed by atoms with E-state index in [-0.39, 0.29) is 11.9 Å². The first-order chi connectivity index (χ1) is 12.9. The molecule has 1 unspecified atom stereocenters. The van der Waals surface area contributed by atoms with Crippen LogP contribution in [-0.4, -0.2) is 52.3 Å².